The molecule has 0 atom stereocenters. The third kappa shape index (κ3) is 3.70. The Hall–Kier alpha value is -2.14. The van der Waals surface area contributed by atoms with Crippen LogP contribution < -0.4 is 16.4 Å². The highest BCUT2D eigenvalue weighted by Crippen LogP contribution is 2.25. The van der Waals surface area contributed by atoms with E-state index in [1.807, 2.05) is 31.2 Å². The second-order valence-electron chi connectivity index (χ2n) is 4.85. The number of carbonyl (C=O) groups is 1. The summed E-state index contributed by atoms with van der Waals surface area (Å²) in [6, 6.07) is 7.83. The summed E-state index contributed by atoms with van der Waals surface area (Å²) in [6.07, 6.45) is 3.58. The van der Waals surface area contributed by atoms with Crippen LogP contribution >= 0.6 is 0 Å². The summed E-state index contributed by atoms with van der Waals surface area (Å²) < 4.78 is 0. The van der Waals surface area contributed by atoms with Gasteiger partial charge in [-0.2, -0.15) is 0 Å². The molecular formula is C16H22N4O. The summed E-state index contributed by atoms with van der Waals surface area (Å²) in [7, 11) is 0. The summed E-state index contributed by atoms with van der Waals surface area (Å²) in [4.78, 5) is 16.6. The number of carbonyl (C=O) groups excluding carboxylic acids is 1. The molecule has 0 aliphatic rings. The van der Waals surface area contributed by atoms with Crippen LogP contribution in [-0.4, -0.2) is 30.5 Å². The Kier molecular flexibility index (Phi) is 5.51. The number of nitrogens with two attached hydrogens (primary N) is 1. The first kappa shape index (κ1) is 15.3. The van der Waals surface area contributed by atoms with Crippen LogP contribution in [0.15, 0.2) is 30.5 Å². The maximum absolute atomic E-state index is 12.2. The first-order valence-electron chi connectivity index (χ1n) is 7.37. The highest BCUT2D eigenvalue weighted by Gasteiger charge is 2.14. The lowest BCUT2D eigenvalue weighted by atomic mass is 10.1. The molecule has 0 aliphatic carbocycles. The van der Waals surface area contributed by atoms with Crippen molar-refractivity contribution in [1.29, 1.82) is 0 Å². The van der Waals surface area contributed by atoms with Crippen molar-refractivity contribution in [1.82, 2.24) is 10.3 Å². The summed E-state index contributed by atoms with van der Waals surface area (Å²) >= 11 is 0. The van der Waals surface area contributed by atoms with Gasteiger partial charge in [0.2, 0.25) is 0 Å². The van der Waals surface area contributed by atoms with E-state index in [-0.39, 0.29) is 5.91 Å². The van der Waals surface area contributed by atoms with E-state index < -0.39 is 0 Å². The summed E-state index contributed by atoms with van der Waals surface area (Å²) in [5.74, 6) is -0.0999. The van der Waals surface area contributed by atoms with Crippen LogP contribution in [0.4, 0.5) is 5.69 Å². The molecule has 0 fully saturated rings. The van der Waals surface area contributed by atoms with E-state index in [2.05, 4.69) is 15.6 Å². The molecule has 5 heteroatoms. The number of hydrogen-bond acceptors (Lipinski definition) is 4. The highest BCUT2D eigenvalue weighted by atomic mass is 16.1. The third-order valence-corrected chi connectivity index (χ3v) is 3.29. The standard InChI is InChI=1S/C16H22N4O/c1-2-18-16(21)13-11-20-14-8-4-3-7-12(14)15(13)19-10-6-5-9-17/h3-4,7-8,11H,2,5-6,9-10,17H2,1H3,(H,18,21)(H,19,20). The molecule has 0 saturated heterocycles. The van der Waals surface area contributed by atoms with E-state index in [4.69, 9.17) is 5.73 Å². The van der Waals surface area contributed by atoms with Gasteiger partial charge in [0.25, 0.3) is 5.91 Å². The van der Waals surface area contributed by atoms with Gasteiger partial charge in [-0.05, 0) is 32.4 Å². The minimum absolute atomic E-state index is 0.0999. The average Bonchev–Trinajstić information content (AvgIpc) is 2.51. The second kappa shape index (κ2) is 7.59. The molecule has 0 spiro atoms. The largest absolute Gasteiger partial charge is 0.384 e. The fourth-order valence-corrected chi connectivity index (χ4v) is 2.24. The molecule has 5 nitrogen and oxygen atoms in total. The van der Waals surface area contributed by atoms with Crippen molar-refractivity contribution in [2.45, 2.75) is 19.8 Å². The van der Waals surface area contributed by atoms with E-state index in [1.165, 1.54) is 0 Å². The first-order valence-corrected chi connectivity index (χ1v) is 7.37. The lowest BCUT2D eigenvalue weighted by molar-refractivity contribution is 0.0956. The number of anilines is 1. The maximum Gasteiger partial charge on any atom is 0.254 e. The number of fused-ring (bicyclic) bond motifs is 1. The van der Waals surface area contributed by atoms with Crippen molar-refractivity contribution in [3.8, 4) is 0 Å². The van der Waals surface area contributed by atoms with Gasteiger partial charge in [-0.1, -0.05) is 18.2 Å². The van der Waals surface area contributed by atoms with Crippen molar-refractivity contribution < 1.29 is 4.79 Å². The number of unbranched alkanes of at least 4 members (excludes halogenated alkanes) is 1. The van der Waals surface area contributed by atoms with Crippen molar-refractivity contribution in [2.75, 3.05) is 25.0 Å². The molecular weight excluding hydrogens is 264 g/mol. The minimum Gasteiger partial charge on any atom is -0.384 e. The first-order chi connectivity index (χ1) is 10.3. The molecule has 1 aromatic heterocycles. The number of amides is 1. The van der Waals surface area contributed by atoms with Gasteiger partial charge < -0.3 is 16.4 Å². The second-order valence-corrected chi connectivity index (χ2v) is 4.85. The molecule has 0 saturated carbocycles. The lowest BCUT2D eigenvalue weighted by Gasteiger charge is -2.14. The molecule has 0 bridgehead atoms. The Balaban J connectivity index is 2.35. The van der Waals surface area contributed by atoms with Gasteiger partial charge in [-0.15, -0.1) is 0 Å². The number of benzene rings is 1. The number of nitrogens with zero attached hydrogens (tertiary/aromatic N) is 1. The predicted octanol–water partition coefficient (Wildman–Crippen LogP) is 2.14. The topological polar surface area (TPSA) is 80.0 Å². The van der Waals surface area contributed by atoms with E-state index >= 15 is 0 Å². The molecule has 21 heavy (non-hydrogen) atoms. The Labute approximate surface area is 124 Å². The summed E-state index contributed by atoms with van der Waals surface area (Å²) in [5.41, 5.74) is 7.83. The van der Waals surface area contributed by atoms with E-state index in [9.17, 15) is 4.79 Å². The Morgan fingerprint density at radius 2 is 2.10 bits per heavy atom. The van der Waals surface area contributed by atoms with E-state index in [0.29, 0.717) is 18.7 Å². The normalized spacial score (nSPS) is 10.6. The average molecular weight is 286 g/mol. The Morgan fingerprint density at radius 1 is 1.29 bits per heavy atom. The van der Waals surface area contributed by atoms with Crippen LogP contribution in [0.5, 0.6) is 0 Å². The molecule has 1 heterocycles. The zero-order valence-corrected chi connectivity index (χ0v) is 12.4. The van der Waals surface area contributed by atoms with Crippen molar-refractivity contribution in [3.05, 3.63) is 36.0 Å². The van der Waals surface area contributed by atoms with Gasteiger partial charge in [-0.3, -0.25) is 9.78 Å². The fourth-order valence-electron chi connectivity index (χ4n) is 2.24. The predicted molar refractivity (Wildman–Crippen MR) is 86.5 cm³/mol. The number of hydrogen-bond donors (Lipinski definition) is 3. The van der Waals surface area contributed by atoms with Gasteiger partial charge in [0, 0.05) is 24.7 Å². The number of aromatic nitrogens is 1. The van der Waals surface area contributed by atoms with Crippen molar-refractivity contribution in [3.63, 3.8) is 0 Å². The fraction of sp³-hybridized carbons (Fsp3) is 0.375. The maximum atomic E-state index is 12.2. The van der Waals surface area contributed by atoms with Crippen LogP contribution in [0, 0.1) is 0 Å². The summed E-state index contributed by atoms with van der Waals surface area (Å²) in [5, 5.41) is 7.17. The van der Waals surface area contributed by atoms with Gasteiger partial charge in [0.15, 0.2) is 0 Å². The molecule has 2 aromatic rings. The molecule has 1 amide bonds. The van der Waals surface area contributed by atoms with Gasteiger partial charge in [-0.25, -0.2) is 0 Å². The number of nitrogens with one attached hydrogen (secondary N) is 2. The summed E-state index contributed by atoms with van der Waals surface area (Å²) in [6.45, 7) is 3.97. The lowest BCUT2D eigenvalue weighted by Crippen LogP contribution is -2.24. The molecule has 1 aromatic carbocycles. The van der Waals surface area contributed by atoms with Gasteiger partial charge in [0.05, 0.1) is 16.8 Å². The van der Waals surface area contributed by atoms with Crippen LogP contribution in [0.1, 0.15) is 30.1 Å². The van der Waals surface area contributed by atoms with Crippen LogP contribution in [0.25, 0.3) is 10.9 Å². The molecule has 112 valence electrons. The van der Waals surface area contributed by atoms with Crippen LogP contribution in [0.3, 0.4) is 0 Å². The molecule has 4 N–H and O–H groups in total. The minimum atomic E-state index is -0.0999. The Morgan fingerprint density at radius 3 is 2.86 bits per heavy atom. The number of rotatable bonds is 7. The molecule has 2 rings (SSSR count). The van der Waals surface area contributed by atoms with Crippen molar-refractivity contribution >= 4 is 22.5 Å². The van der Waals surface area contributed by atoms with Crippen molar-refractivity contribution in [2.24, 2.45) is 5.73 Å². The molecule has 0 radical (unpaired) electrons. The van der Waals surface area contributed by atoms with Crippen LogP contribution in [-0.2, 0) is 0 Å². The van der Waals surface area contributed by atoms with E-state index in [0.717, 1.165) is 36.0 Å². The molecule has 0 aliphatic heterocycles. The Bertz CT molecular complexity index is 612. The number of pyridine rings is 1. The molecule has 0 unspecified atom stereocenters. The zero-order valence-electron chi connectivity index (χ0n) is 12.4. The van der Waals surface area contributed by atoms with E-state index in [1.54, 1.807) is 6.20 Å². The van der Waals surface area contributed by atoms with Gasteiger partial charge in [0.1, 0.15) is 0 Å². The highest BCUT2D eigenvalue weighted by molar-refractivity contribution is 6.07. The quantitative estimate of drug-likeness (QED) is 0.681. The smallest absolute Gasteiger partial charge is 0.254 e. The SMILES string of the molecule is CCNC(=O)c1cnc2ccccc2c1NCCCCN. The van der Waals surface area contributed by atoms with Crippen LogP contribution in [0.2, 0.25) is 0 Å². The number of para-hydroxylation sites is 1. The van der Waals surface area contributed by atoms with Gasteiger partial charge >= 0.3 is 0 Å². The third-order valence-electron chi connectivity index (χ3n) is 3.29. The zero-order chi connectivity index (χ0) is 15.1. The monoisotopic (exact) mass is 286 g/mol.